The highest BCUT2D eigenvalue weighted by molar-refractivity contribution is 4.83. The first-order valence-corrected chi connectivity index (χ1v) is 5.41. The molecule has 0 aromatic heterocycles. The van der Waals surface area contributed by atoms with E-state index in [4.69, 9.17) is 15.9 Å². The van der Waals surface area contributed by atoms with E-state index in [9.17, 15) is 0 Å². The maximum absolute atomic E-state index is 5.23. The van der Waals surface area contributed by atoms with Gasteiger partial charge in [0.1, 0.15) is 0 Å². The van der Waals surface area contributed by atoms with Crippen molar-refractivity contribution < 1.29 is 9.47 Å². The molecule has 3 nitrogen and oxygen atoms in total. The van der Waals surface area contributed by atoms with Crippen molar-refractivity contribution in [2.75, 3.05) is 40.5 Å². The molecule has 0 heterocycles. The Hall–Kier alpha value is -0.560. The first kappa shape index (κ1) is 14.4. The van der Waals surface area contributed by atoms with Gasteiger partial charge in [-0.15, -0.1) is 12.3 Å². The molecule has 0 aromatic rings. The summed E-state index contributed by atoms with van der Waals surface area (Å²) in [7, 11) is 3.45. The lowest BCUT2D eigenvalue weighted by Gasteiger charge is -2.28. The van der Waals surface area contributed by atoms with Crippen molar-refractivity contribution in [1.29, 1.82) is 0 Å². The van der Waals surface area contributed by atoms with Gasteiger partial charge in [0.15, 0.2) is 0 Å². The van der Waals surface area contributed by atoms with Gasteiger partial charge in [0.2, 0.25) is 0 Å². The minimum atomic E-state index is 0.419. The van der Waals surface area contributed by atoms with E-state index in [1.54, 1.807) is 14.2 Å². The summed E-state index contributed by atoms with van der Waals surface area (Å²) in [6, 6.07) is 0.419. The van der Waals surface area contributed by atoms with E-state index in [0.717, 1.165) is 39.1 Å². The molecule has 3 heteroatoms. The standard InChI is InChI=1S/C12H23NO2/c1-5-6-7-8-13(9-10-14-3)12(2)11-15-4/h1,12H,6-11H2,2-4H3. The Morgan fingerprint density at radius 3 is 2.53 bits per heavy atom. The van der Waals surface area contributed by atoms with Crippen LogP contribution in [0.1, 0.15) is 19.8 Å². The number of hydrogen-bond acceptors (Lipinski definition) is 3. The number of unbranched alkanes of at least 4 members (excludes halogenated alkanes) is 1. The van der Waals surface area contributed by atoms with Gasteiger partial charge in [0.05, 0.1) is 13.2 Å². The van der Waals surface area contributed by atoms with Gasteiger partial charge in [-0.1, -0.05) is 0 Å². The molecule has 0 amide bonds. The van der Waals surface area contributed by atoms with E-state index in [2.05, 4.69) is 17.7 Å². The van der Waals surface area contributed by atoms with E-state index in [-0.39, 0.29) is 0 Å². The van der Waals surface area contributed by atoms with Gasteiger partial charge in [-0.3, -0.25) is 4.90 Å². The Balaban J connectivity index is 3.88. The Kier molecular flexibility index (Phi) is 9.60. The molecule has 0 fully saturated rings. The third kappa shape index (κ3) is 7.38. The number of methoxy groups -OCH3 is 2. The molecular weight excluding hydrogens is 190 g/mol. The maximum Gasteiger partial charge on any atom is 0.0615 e. The minimum absolute atomic E-state index is 0.419. The first-order valence-electron chi connectivity index (χ1n) is 5.41. The van der Waals surface area contributed by atoms with E-state index < -0.39 is 0 Å². The zero-order valence-electron chi connectivity index (χ0n) is 10.2. The zero-order valence-corrected chi connectivity index (χ0v) is 10.2. The van der Waals surface area contributed by atoms with Crippen LogP contribution in [-0.2, 0) is 9.47 Å². The number of ether oxygens (including phenoxy) is 2. The number of rotatable bonds is 9. The highest BCUT2D eigenvalue weighted by atomic mass is 16.5. The molecule has 0 N–H and O–H groups in total. The topological polar surface area (TPSA) is 21.7 Å². The molecule has 0 radical (unpaired) electrons. The average molecular weight is 213 g/mol. The van der Waals surface area contributed by atoms with Crippen molar-refractivity contribution in [3.63, 3.8) is 0 Å². The number of terminal acetylenes is 1. The molecule has 15 heavy (non-hydrogen) atoms. The van der Waals surface area contributed by atoms with E-state index >= 15 is 0 Å². The molecule has 0 aliphatic carbocycles. The summed E-state index contributed by atoms with van der Waals surface area (Å²) in [6.07, 6.45) is 7.10. The third-order valence-electron chi connectivity index (χ3n) is 2.38. The van der Waals surface area contributed by atoms with Gasteiger partial charge in [-0.2, -0.15) is 0 Å². The second kappa shape index (κ2) is 9.97. The Bertz CT molecular complexity index is 177. The van der Waals surface area contributed by atoms with Crippen molar-refractivity contribution >= 4 is 0 Å². The van der Waals surface area contributed by atoms with Crippen LogP contribution in [0.5, 0.6) is 0 Å². The van der Waals surface area contributed by atoms with E-state index in [1.165, 1.54) is 0 Å². The van der Waals surface area contributed by atoms with Gasteiger partial charge in [-0.25, -0.2) is 0 Å². The summed E-state index contributed by atoms with van der Waals surface area (Å²) < 4.78 is 10.2. The van der Waals surface area contributed by atoms with E-state index in [0.29, 0.717) is 6.04 Å². The molecule has 0 aliphatic rings. The van der Waals surface area contributed by atoms with Crippen LogP contribution in [0.4, 0.5) is 0 Å². The predicted octanol–water partition coefficient (Wildman–Crippen LogP) is 1.38. The molecule has 0 rings (SSSR count). The number of hydrogen-bond donors (Lipinski definition) is 0. The zero-order chi connectivity index (χ0) is 11.5. The van der Waals surface area contributed by atoms with Gasteiger partial charge >= 0.3 is 0 Å². The Morgan fingerprint density at radius 2 is 2.00 bits per heavy atom. The maximum atomic E-state index is 5.23. The van der Waals surface area contributed by atoms with Crippen LogP contribution in [-0.4, -0.2) is 51.5 Å². The molecule has 1 unspecified atom stereocenters. The molecule has 1 atom stereocenters. The average Bonchev–Trinajstić information content (AvgIpc) is 2.23. The van der Waals surface area contributed by atoms with Crippen molar-refractivity contribution in [2.45, 2.75) is 25.8 Å². The van der Waals surface area contributed by atoms with Crippen LogP contribution < -0.4 is 0 Å². The lowest BCUT2D eigenvalue weighted by Crippen LogP contribution is -2.39. The molecule has 0 bridgehead atoms. The van der Waals surface area contributed by atoms with Crippen LogP contribution in [0.3, 0.4) is 0 Å². The summed E-state index contributed by atoms with van der Waals surface area (Å²) in [5.41, 5.74) is 0. The lowest BCUT2D eigenvalue weighted by atomic mass is 10.2. The fourth-order valence-electron chi connectivity index (χ4n) is 1.49. The summed E-state index contributed by atoms with van der Waals surface area (Å²) in [4.78, 5) is 2.35. The van der Waals surface area contributed by atoms with Crippen molar-refractivity contribution in [2.24, 2.45) is 0 Å². The fourth-order valence-corrected chi connectivity index (χ4v) is 1.49. The van der Waals surface area contributed by atoms with Crippen molar-refractivity contribution in [3.05, 3.63) is 0 Å². The molecule has 0 saturated heterocycles. The van der Waals surface area contributed by atoms with Crippen LogP contribution in [0.2, 0.25) is 0 Å². The van der Waals surface area contributed by atoms with Crippen LogP contribution in [0, 0.1) is 12.3 Å². The molecular formula is C12H23NO2. The molecule has 0 saturated carbocycles. The van der Waals surface area contributed by atoms with Crippen LogP contribution in [0.25, 0.3) is 0 Å². The quantitative estimate of drug-likeness (QED) is 0.427. The monoisotopic (exact) mass is 213 g/mol. The van der Waals surface area contributed by atoms with Gasteiger partial charge in [0.25, 0.3) is 0 Å². The summed E-state index contributed by atoms with van der Waals surface area (Å²) in [6.45, 7) is 5.61. The SMILES string of the molecule is C#CCCCN(CCOC)C(C)COC. The second-order valence-corrected chi connectivity index (χ2v) is 3.64. The van der Waals surface area contributed by atoms with Gasteiger partial charge in [0, 0.05) is 33.2 Å². The van der Waals surface area contributed by atoms with Crippen LogP contribution in [0.15, 0.2) is 0 Å². The Morgan fingerprint density at radius 1 is 1.27 bits per heavy atom. The molecule has 0 aromatic carbocycles. The van der Waals surface area contributed by atoms with Gasteiger partial charge < -0.3 is 9.47 Å². The summed E-state index contributed by atoms with van der Waals surface area (Å²) >= 11 is 0. The van der Waals surface area contributed by atoms with E-state index in [1.807, 2.05) is 0 Å². The minimum Gasteiger partial charge on any atom is -0.383 e. The van der Waals surface area contributed by atoms with Crippen LogP contribution >= 0.6 is 0 Å². The summed E-state index contributed by atoms with van der Waals surface area (Å²) in [5.74, 6) is 2.66. The first-order chi connectivity index (χ1) is 7.26. The highest BCUT2D eigenvalue weighted by Gasteiger charge is 2.12. The van der Waals surface area contributed by atoms with Crippen molar-refractivity contribution in [1.82, 2.24) is 4.90 Å². The number of nitrogens with zero attached hydrogens (tertiary/aromatic N) is 1. The van der Waals surface area contributed by atoms with Gasteiger partial charge in [-0.05, 0) is 19.9 Å². The summed E-state index contributed by atoms with van der Waals surface area (Å²) in [5, 5.41) is 0. The normalized spacial score (nSPS) is 12.7. The predicted molar refractivity (Wildman–Crippen MR) is 62.9 cm³/mol. The third-order valence-corrected chi connectivity index (χ3v) is 2.38. The lowest BCUT2D eigenvalue weighted by molar-refractivity contribution is 0.0746. The second-order valence-electron chi connectivity index (χ2n) is 3.64. The molecule has 88 valence electrons. The fraction of sp³-hybridized carbons (Fsp3) is 0.833. The molecule has 0 spiro atoms. The smallest absolute Gasteiger partial charge is 0.0615 e. The Labute approximate surface area is 93.7 Å². The van der Waals surface area contributed by atoms with Crippen molar-refractivity contribution in [3.8, 4) is 12.3 Å². The molecule has 0 aliphatic heterocycles. The largest absolute Gasteiger partial charge is 0.383 e. The highest BCUT2D eigenvalue weighted by Crippen LogP contribution is 2.02.